The van der Waals surface area contributed by atoms with Gasteiger partial charge in [0.05, 0.1) is 5.69 Å². The summed E-state index contributed by atoms with van der Waals surface area (Å²) in [6.45, 7) is 3.87. The molecule has 0 aliphatic rings. The maximum absolute atomic E-state index is 4.20. The molecule has 0 amide bonds. The van der Waals surface area contributed by atoms with Gasteiger partial charge in [0.1, 0.15) is 5.82 Å². The van der Waals surface area contributed by atoms with E-state index in [0.717, 1.165) is 17.2 Å². The molecule has 52 valence electrons. The number of nitrogens with zero attached hydrogens (tertiary/aromatic N) is 3. The lowest BCUT2D eigenvalue weighted by Crippen LogP contribution is -1.87. The molecule has 0 unspecified atom stereocenters. The van der Waals surface area contributed by atoms with Gasteiger partial charge < -0.3 is 0 Å². The van der Waals surface area contributed by atoms with E-state index in [0.29, 0.717) is 0 Å². The van der Waals surface area contributed by atoms with Gasteiger partial charge in [-0.3, -0.25) is 5.10 Å². The Morgan fingerprint density at radius 1 is 1.50 bits per heavy atom. The summed E-state index contributed by atoms with van der Waals surface area (Å²) in [5, 5.41) is 11.0. The van der Waals surface area contributed by atoms with Crippen LogP contribution < -0.4 is 0 Å². The van der Waals surface area contributed by atoms with Gasteiger partial charge in [0.2, 0.25) is 0 Å². The van der Waals surface area contributed by atoms with E-state index in [1.165, 1.54) is 0 Å². The lowest BCUT2D eigenvalue weighted by atomic mass is 10.5. The van der Waals surface area contributed by atoms with E-state index in [1.807, 2.05) is 19.9 Å². The number of aromatic nitrogens is 4. The van der Waals surface area contributed by atoms with Crippen molar-refractivity contribution in [3.8, 4) is 0 Å². The minimum atomic E-state index is 0.892. The molecule has 0 bridgehead atoms. The zero-order chi connectivity index (χ0) is 7.14. The Morgan fingerprint density at radius 3 is 3.00 bits per heavy atom. The molecule has 4 heteroatoms. The Balaban J connectivity index is 2.90. The van der Waals surface area contributed by atoms with Gasteiger partial charge in [-0.05, 0) is 13.8 Å². The monoisotopic (exact) mass is 136 g/mol. The number of H-pyrrole nitrogens is 1. The van der Waals surface area contributed by atoms with Crippen molar-refractivity contribution in [3.05, 3.63) is 17.6 Å². The first kappa shape index (κ1) is 5.46. The smallest absolute Gasteiger partial charge is 0.151 e. The largest absolute Gasteiger partial charge is 0.259 e. The second-order valence-corrected chi connectivity index (χ2v) is 2.35. The number of aryl methyl sites for hydroxylation is 2. The van der Waals surface area contributed by atoms with Crippen LogP contribution in [0.3, 0.4) is 0 Å². The zero-order valence-electron chi connectivity index (χ0n) is 5.92. The molecule has 2 rings (SSSR count). The highest BCUT2D eigenvalue weighted by atomic mass is 15.4. The van der Waals surface area contributed by atoms with E-state index in [4.69, 9.17) is 0 Å². The molecule has 0 aliphatic carbocycles. The van der Waals surface area contributed by atoms with Crippen molar-refractivity contribution in [2.75, 3.05) is 0 Å². The summed E-state index contributed by atoms with van der Waals surface area (Å²) in [5.74, 6) is 0.892. The predicted octanol–water partition coefficient (Wildman–Crippen LogP) is 0.674. The molecular formula is C6H8N4. The molecule has 0 fully saturated rings. The van der Waals surface area contributed by atoms with Crippen LogP contribution in [0.15, 0.2) is 6.07 Å². The molecule has 2 aromatic rings. The van der Waals surface area contributed by atoms with Crippen molar-refractivity contribution in [3.63, 3.8) is 0 Å². The number of hydrogen-bond donors (Lipinski definition) is 1. The summed E-state index contributed by atoms with van der Waals surface area (Å²) >= 11 is 0. The Labute approximate surface area is 57.9 Å². The summed E-state index contributed by atoms with van der Waals surface area (Å²) in [6, 6.07) is 1.96. The molecular weight excluding hydrogens is 128 g/mol. The van der Waals surface area contributed by atoms with Gasteiger partial charge in [0.15, 0.2) is 5.65 Å². The van der Waals surface area contributed by atoms with Gasteiger partial charge in [-0.25, -0.2) is 0 Å². The molecule has 2 aromatic heterocycles. The Kier molecular flexibility index (Phi) is 0.869. The van der Waals surface area contributed by atoms with Crippen molar-refractivity contribution in [1.82, 2.24) is 19.8 Å². The van der Waals surface area contributed by atoms with Crippen LogP contribution in [0.25, 0.3) is 5.65 Å². The third kappa shape index (κ3) is 0.556. The van der Waals surface area contributed by atoms with Crippen molar-refractivity contribution < 1.29 is 0 Å². The molecule has 0 aromatic carbocycles. The first-order valence-corrected chi connectivity index (χ1v) is 3.15. The van der Waals surface area contributed by atoms with Gasteiger partial charge in [-0.2, -0.15) is 14.7 Å². The minimum Gasteiger partial charge on any atom is -0.259 e. The highest BCUT2D eigenvalue weighted by Crippen LogP contribution is 2.02. The highest BCUT2D eigenvalue weighted by Gasteiger charge is 2.00. The molecule has 10 heavy (non-hydrogen) atoms. The summed E-state index contributed by atoms with van der Waals surface area (Å²) in [4.78, 5) is 0. The number of fused-ring (bicyclic) bond motifs is 1. The molecule has 2 heterocycles. The second kappa shape index (κ2) is 1.59. The first-order valence-electron chi connectivity index (χ1n) is 3.15. The van der Waals surface area contributed by atoms with E-state index < -0.39 is 0 Å². The zero-order valence-corrected chi connectivity index (χ0v) is 5.92. The molecule has 0 radical (unpaired) electrons. The lowest BCUT2D eigenvalue weighted by Gasteiger charge is -1.80. The predicted molar refractivity (Wildman–Crippen MR) is 36.8 cm³/mol. The number of nitrogens with one attached hydrogen (secondary N) is 1. The average Bonchev–Trinajstić information content (AvgIpc) is 2.35. The van der Waals surface area contributed by atoms with Crippen LogP contribution in [0.4, 0.5) is 0 Å². The molecule has 0 saturated carbocycles. The van der Waals surface area contributed by atoms with Gasteiger partial charge in [-0.1, -0.05) is 0 Å². The molecule has 1 N–H and O–H groups in total. The minimum absolute atomic E-state index is 0.892. The fourth-order valence-electron chi connectivity index (χ4n) is 1.01. The van der Waals surface area contributed by atoms with Gasteiger partial charge in [0, 0.05) is 6.07 Å². The van der Waals surface area contributed by atoms with Crippen molar-refractivity contribution >= 4 is 5.65 Å². The van der Waals surface area contributed by atoms with E-state index in [9.17, 15) is 0 Å². The molecule has 4 nitrogen and oxygen atoms in total. The summed E-state index contributed by atoms with van der Waals surface area (Å²) in [6.07, 6.45) is 0. The maximum atomic E-state index is 4.20. The second-order valence-electron chi connectivity index (χ2n) is 2.35. The number of hydrogen-bond acceptors (Lipinski definition) is 2. The van der Waals surface area contributed by atoms with Crippen molar-refractivity contribution in [1.29, 1.82) is 0 Å². The lowest BCUT2D eigenvalue weighted by molar-refractivity contribution is 0.876. The van der Waals surface area contributed by atoms with Crippen molar-refractivity contribution in [2.24, 2.45) is 0 Å². The third-order valence-electron chi connectivity index (χ3n) is 1.47. The molecule has 0 aliphatic heterocycles. The van der Waals surface area contributed by atoms with Gasteiger partial charge in [-0.15, -0.1) is 0 Å². The summed E-state index contributed by atoms with van der Waals surface area (Å²) < 4.78 is 1.79. The normalized spacial score (nSPS) is 11.0. The Hall–Kier alpha value is -1.32. The Morgan fingerprint density at radius 2 is 2.30 bits per heavy atom. The van der Waals surface area contributed by atoms with Gasteiger partial charge >= 0.3 is 0 Å². The van der Waals surface area contributed by atoms with Crippen LogP contribution in [0.1, 0.15) is 11.5 Å². The topological polar surface area (TPSA) is 46.0 Å². The third-order valence-corrected chi connectivity index (χ3v) is 1.47. The van der Waals surface area contributed by atoms with E-state index in [1.54, 1.807) is 4.52 Å². The van der Waals surface area contributed by atoms with Crippen LogP contribution in [0.2, 0.25) is 0 Å². The van der Waals surface area contributed by atoms with Crippen LogP contribution in [-0.4, -0.2) is 19.8 Å². The van der Waals surface area contributed by atoms with Gasteiger partial charge in [0.25, 0.3) is 0 Å². The van der Waals surface area contributed by atoms with E-state index in [2.05, 4.69) is 15.3 Å². The molecule has 0 atom stereocenters. The number of aromatic amines is 1. The highest BCUT2D eigenvalue weighted by molar-refractivity contribution is 5.37. The molecule has 0 spiro atoms. The standard InChI is InChI=1S/C6H8N4/c1-4-3-6-8-7-5(2)10(6)9-4/h3,8H,1-2H3. The fraction of sp³-hybridized carbons (Fsp3) is 0.333. The van der Waals surface area contributed by atoms with Crippen molar-refractivity contribution in [2.45, 2.75) is 13.8 Å². The van der Waals surface area contributed by atoms with Crippen LogP contribution >= 0.6 is 0 Å². The fourth-order valence-corrected chi connectivity index (χ4v) is 1.01. The maximum Gasteiger partial charge on any atom is 0.151 e. The summed E-state index contributed by atoms with van der Waals surface area (Å²) in [5.41, 5.74) is 1.96. The van der Waals surface area contributed by atoms with Crippen LogP contribution in [0.5, 0.6) is 0 Å². The SMILES string of the molecule is Cc1cc2[nH]nc(C)n2n1. The van der Waals surface area contributed by atoms with Crippen LogP contribution in [-0.2, 0) is 0 Å². The first-order chi connectivity index (χ1) is 4.77. The van der Waals surface area contributed by atoms with E-state index in [-0.39, 0.29) is 0 Å². The van der Waals surface area contributed by atoms with E-state index >= 15 is 0 Å². The van der Waals surface area contributed by atoms with Crippen LogP contribution in [0, 0.1) is 13.8 Å². The quantitative estimate of drug-likeness (QED) is 0.578. The summed E-state index contributed by atoms with van der Waals surface area (Å²) in [7, 11) is 0. The molecule has 0 saturated heterocycles. The number of rotatable bonds is 0. The average molecular weight is 136 g/mol. The Bertz CT molecular complexity index is 357.